The van der Waals surface area contributed by atoms with Crippen molar-refractivity contribution in [3.05, 3.63) is 6.07 Å². The smallest absolute Gasteiger partial charge is 0.223 e. The first kappa shape index (κ1) is 12.9. The van der Waals surface area contributed by atoms with Crippen molar-refractivity contribution in [1.82, 2.24) is 9.97 Å². The van der Waals surface area contributed by atoms with Gasteiger partial charge in [-0.3, -0.25) is 0 Å². The SMILES string of the molecule is CCNc1cc(NC2C(C)(C)C2(C)C)nc(N)n1. The average Bonchev–Trinajstić information content (AvgIpc) is 2.60. The third-order valence-corrected chi connectivity index (χ3v) is 4.41. The molecule has 1 saturated carbocycles. The first-order valence-corrected chi connectivity index (χ1v) is 6.44. The molecule has 0 amide bonds. The summed E-state index contributed by atoms with van der Waals surface area (Å²) in [7, 11) is 0. The molecule has 0 saturated heterocycles. The summed E-state index contributed by atoms with van der Waals surface area (Å²) in [5.74, 6) is 1.86. The molecule has 5 nitrogen and oxygen atoms in total. The van der Waals surface area contributed by atoms with Gasteiger partial charge in [-0.05, 0) is 17.8 Å². The molecular weight excluding hydrogens is 226 g/mol. The van der Waals surface area contributed by atoms with E-state index in [-0.39, 0.29) is 10.8 Å². The van der Waals surface area contributed by atoms with Crippen LogP contribution in [0.5, 0.6) is 0 Å². The molecule has 0 aromatic carbocycles. The molecular formula is C13H23N5. The van der Waals surface area contributed by atoms with Crippen LogP contribution in [0.25, 0.3) is 0 Å². The number of hydrogen-bond donors (Lipinski definition) is 3. The summed E-state index contributed by atoms with van der Waals surface area (Å²) in [5, 5.41) is 6.62. The first-order chi connectivity index (χ1) is 8.29. The highest BCUT2D eigenvalue weighted by atomic mass is 15.2. The van der Waals surface area contributed by atoms with Gasteiger partial charge in [0.15, 0.2) is 0 Å². The van der Waals surface area contributed by atoms with Crippen molar-refractivity contribution in [1.29, 1.82) is 0 Å². The maximum atomic E-state index is 5.72. The lowest BCUT2D eigenvalue weighted by Gasteiger charge is -2.10. The fourth-order valence-corrected chi connectivity index (χ4v) is 2.52. The molecule has 4 N–H and O–H groups in total. The Kier molecular flexibility index (Phi) is 2.87. The quantitative estimate of drug-likeness (QED) is 0.763. The van der Waals surface area contributed by atoms with Gasteiger partial charge in [0.25, 0.3) is 0 Å². The predicted octanol–water partition coefficient (Wildman–Crippen LogP) is 2.34. The predicted molar refractivity (Wildman–Crippen MR) is 75.6 cm³/mol. The minimum Gasteiger partial charge on any atom is -0.370 e. The number of nitrogens with one attached hydrogen (secondary N) is 2. The summed E-state index contributed by atoms with van der Waals surface area (Å²) in [4.78, 5) is 8.38. The average molecular weight is 249 g/mol. The molecule has 1 fully saturated rings. The van der Waals surface area contributed by atoms with Gasteiger partial charge < -0.3 is 16.4 Å². The fraction of sp³-hybridized carbons (Fsp3) is 0.692. The second-order valence-electron chi connectivity index (χ2n) is 6.05. The van der Waals surface area contributed by atoms with Crippen LogP contribution in [0, 0.1) is 10.8 Å². The lowest BCUT2D eigenvalue weighted by molar-refractivity contribution is 0.457. The molecule has 1 heterocycles. The van der Waals surface area contributed by atoms with E-state index in [0.29, 0.717) is 12.0 Å². The highest BCUT2D eigenvalue weighted by Crippen LogP contribution is 2.63. The van der Waals surface area contributed by atoms with Crippen molar-refractivity contribution in [2.75, 3.05) is 22.9 Å². The number of nitrogen functional groups attached to an aromatic ring is 1. The maximum absolute atomic E-state index is 5.72. The highest BCUT2D eigenvalue weighted by Gasteiger charge is 2.65. The molecule has 0 aliphatic heterocycles. The van der Waals surface area contributed by atoms with Crippen molar-refractivity contribution in [2.45, 2.75) is 40.7 Å². The Morgan fingerprint density at radius 3 is 2.22 bits per heavy atom. The zero-order chi connectivity index (χ0) is 13.6. The van der Waals surface area contributed by atoms with Crippen LogP contribution in [0.3, 0.4) is 0 Å². The Balaban J connectivity index is 2.16. The van der Waals surface area contributed by atoms with Crippen LogP contribution in [-0.2, 0) is 0 Å². The zero-order valence-electron chi connectivity index (χ0n) is 11.8. The minimum absolute atomic E-state index is 0.269. The molecule has 5 heteroatoms. The Labute approximate surface area is 109 Å². The minimum atomic E-state index is 0.269. The second-order valence-corrected chi connectivity index (χ2v) is 6.05. The van der Waals surface area contributed by atoms with Gasteiger partial charge in [0.2, 0.25) is 5.95 Å². The van der Waals surface area contributed by atoms with Crippen LogP contribution in [0.1, 0.15) is 34.6 Å². The fourth-order valence-electron chi connectivity index (χ4n) is 2.52. The van der Waals surface area contributed by atoms with Crippen LogP contribution in [0.15, 0.2) is 6.07 Å². The molecule has 1 aromatic heterocycles. The Hall–Kier alpha value is -1.52. The van der Waals surface area contributed by atoms with Crippen molar-refractivity contribution >= 4 is 17.6 Å². The summed E-state index contributed by atoms with van der Waals surface area (Å²) < 4.78 is 0. The number of aromatic nitrogens is 2. The highest BCUT2D eigenvalue weighted by molar-refractivity contribution is 5.53. The zero-order valence-corrected chi connectivity index (χ0v) is 11.8. The van der Waals surface area contributed by atoms with E-state index >= 15 is 0 Å². The lowest BCUT2D eigenvalue weighted by atomic mass is 10.0. The van der Waals surface area contributed by atoms with E-state index in [4.69, 9.17) is 5.73 Å². The van der Waals surface area contributed by atoms with Gasteiger partial charge in [0.1, 0.15) is 11.6 Å². The molecule has 0 spiro atoms. The van der Waals surface area contributed by atoms with Gasteiger partial charge in [-0.15, -0.1) is 0 Å². The largest absolute Gasteiger partial charge is 0.370 e. The first-order valence-electron chi connectivity index (χ1n) is 6.44. The lowest BCUT2D eigenvalue weighted by Crippen LogP contribution is -2.13. The molecule has 1 aromatic rings. The number of nitrogens with two attached hydrogens (primary N) is 1. The molecule has 18 heavy (non-hydrogen) atoms. The third kappa shape index (κ3) is 1.98. The van der Waals surface area contributed by atoms with Crippen LogP contribution in [-0.4, -0.2) is 22.6 Å². The number of rotatable bonds is 4. The van der Waals surface area contributed by atoms with E-state index in [9.17, 15) is 0 Å². The van der Waals surface area contributed by atoms with E-state index in [2.05, 4.69) is 48.3 Å². The van der Waals surface area contributed by atoms with Crippen LogP contribution in [0.4, 0.5) is 17.6 Å². The Bertz CT molecular complexity index is 439. The standard InChI is InChI=1S/C13H23N5/c1-6-15-8-7-9(18-11(14)17-8)16-10-12(2,3)13(10,4)5/h7,10H,6H2,1-5H3,(H4,14,15,16,17,18). The Morgan fingerprint density at radius 1 is 1.17 bits per heavy atom. The van der Waals surface area contributed by atoms with Crippen molar-refractivity contribution in [3.63, 3.8) is 0 Å². The summed E-state index contributed by atoms with van der Waals surface area (Å²) in [6.07, 6.45) is 0. The van der Waals surface area contributed by atoms with E-state index < -0.39 is 0 Å². The van der Waals surface area contributed by atoms with Gasteiger partial charge in [-0.25, -0.2) is 0 Å². The summed E-state index contributed by atoms with van der Waals surface area (Å²) in [5.41, 5.74) is 6.26. The van der Waals surface area contributed by atoms with E-state index in [1.807, 2.05) is 13.0 Å². The molecule has 2 rings (SSSR count). The summed E-state index contributed by atoms with van der Waals surface area (Å²) >= 11 is 0. The number of hydrogen-bond acceptors (Lipinski definition) is 5. The molecule has 1 aliphatic carbocycles. The van der Waals surface area contributed by atoms with Gasteiger partial charge in [0, 0.05) is 18.7 Å². The van der Waals surface area contributed by atoms with E-state index in [1.54, 1.807) is 0 Å². The normalized spacial score (nSPS) is 20.5. The van der Waals surface area contributed by atoms with Crippen molar-refractivity contribution in [3.8, 4) is 0 Å². The van der Waals surface area contributed by atoms with Crippen LogP contribution >= 0.6 is 0 Å². The maximum Gasteiger partial charge on any atom is 0.223 e. The monoisotopic (exact) mass is 249 g/mol. The van der Waals surface area contributed by atoms with Crippen molar-refractivity contribution < 1.29 is 0 Å². The van der Waals surface area contributed by atoms with Gasteiger partial charge in [0.05, 0.1) is 0 Å². The molecule has 0 atom stereocenters. The topological polar surface area (TPSA) is 75.9 Å². The third-order valence-electron chi connectivity index (χ3n) is 4.41. The van der Waals surface area contributed by atoms with Gasteiger partial charge >= 0.3 is 0 Å². The van der Waals surface area contributed by atoms with Crippen LogP contribution < -0.4 is 16.4 Å². The van der Waals surface area contributed by atoms with Crippen LogP contribution in [0.2, 0.25) is 0 Å². The second kappa shape index (κ2) is 4.00. The molecule has 0 bridgehead atoms. The molecule has 1 aliphatic rings. The van der Waals surface area contributed by atoms with E-state index in [1.165, 1.54) is 0 Å². The molecule has 0 unspecified atom stereocenters. The van der Waals surface area contributed by atoms with E-state index in [0.717, 1.165) is 18.2 Å². The number of anilines is 3. The number of nitrogens with zero attached hydrogens (tertiary/aromatic N) is 2. The Morgan fingerprint density at radius 2 is 1.72 bits per heavy atom. The molecule has 100 valence electrons. The molecule has 0 radical (unpaired) electrons. The summed E-state index contributed by atoms with van der Waals surface area (Å²) in [6, 6.07) is 2.32. The van der Waals surface area contributed by atoms with Gasteiger partial charge in [-0.2, -0.15) is 9.97 Å². The summed E-state index contributed by atoms with van der Waals surface area (Å²) in [6.45, 7) is 11.9. The van der Waals surface area contributed by atoms with Gasteiger partial charge in [-0.1, -0.05) is 27.7 Å². The van der Waals surface area contributed by atoms with Crippen molar-refractivity contribution in [2.24, 2.45) is 10.8 Å².